The van der Waals surface area contributed by atoms with Crippen molar-refractivity contribution in [2.24, 2.45) is 0 Å². The summed E-state index contributed by atoms with van der Waals surface area (Å²) in [5.74, 6) is 2.50. The molecule has 0 aliphatic carbocycles. The van der Waals surface area contributed by atoms with E-state index in [4.69, 9.17) is 15.2 Å². The summed E-state index contributed by atoms with van der Waals surface area (Å²) >= 11 is 2.26. The Morgan fingerprint density at radius 3 is 2.19 bits per heavy atom. The number of benzene rings is 2. The molecule has 0 spiro atoms. The fourth-order valence-corrected chi connectivity index (χ4v) is 2.88. The summed E-state index contributed by atoms with van der Waals surface area (Å²) < 4.78 is 12.3. The fraction of sp³-hybridized carbons (Fsp3) is 0.111. The first-order chi connectivity index (χ1) is 12.7. The maximum atomic E-state index is 6.24. The Bertz CT molecular complexity index is 933. The van der Waals surface area contributed by atoms with Crippen molar-refractivity contribution in [2.75, 3.05) is 29.6 Å². The van der Waals surface area contributed by atoms with Gasteiger partial charge in [0, 0.05) is 21.0 Å². The molecular weight excluding hydrogens is 445 g/mol. The van der Waals surface area contributed by atoms with Crippen molar-refractivity contribution < 1.29 is 9.47 Å². The van der Waals surface area contributed by atoms with Gasteiger partial charge in [-0.1, -0.05) is 0 Å². The van der Waals surface area contributed by atoms with E-state index in [-0.39, 0.29) is 0 Å². The Labute approximate surface area is 164 Å². The second kappa shape index (κ2) is 7.24. The number of hydrogen-bond acceptors (Lipinski definition) is 7. The van der Waals surface area contributed by atoms with Gasteiger partial charge < -0.3 is 25.8 Å². The standard InChI is InChI=1S/C18H16IN5O2/c19-11-1-3-12(4-2-11)23-17-16(20)18(22-10-21-17)24-13-5-6-14-15(9-13)26-8-7-25-14/h1-6,9-10H,7-8,20H2,(H2,21,22,23,24). The highest BCUT2D eigenvalue weighted by Gasteiger charge is 2.13. The molecule has 26 heavy (non-hydrogen) atoms. The highest BCUT2D eigenvalue weighted by Crippen LogP contribution is 2.35. The third-order valence-electron chi connectivity index (χ3n) is 3.80. The largest absolute Gasteiger partial charge is 0.486 e. The number of ether oxygens (including phenoxy) is 2. The average Bonchev–Trinajstić information content (AvgIpc) is 2.67. The lowest BCUT2D eigenvalue weighted by atomic mass is 10.2. The van der Waals surface area contributed by atoms with Crippen LogP contribution in [0.5, 0.6) is 11.5 Å². The molecule has 4 N–H and O–H groups in total. The lowest BCUT2D eigenvalue weighted by Gasteiger charge is -2.19. The maximum absolute atomic E-state index is 6.24. The normalized spacial score (nSPS) is 12.5. The zero-order valence-corrected chi connectivity index (χ0v) is 15.9. The summed E-state index contributed by atoms with van der Waals surface area (Å²) in [5, 5.41) is 6.42. The Morgan fingerprint density at radius 1 is 0.846 bits per heavy atom. The lowest BCUT2D eigenvalue weighted by molar-refractivity contribution is 0.171. The van der Waals surface area contributed by atoms with Gasteiger partial charge in [0.25, 0.3) is 0 Å². The third kappa shape index (κ3) is 3.59. The molecule has 2 aromatic carbocycles. The molecule has 0 bridgehead atoms. The molecule has 0 amide bonds. The molecule has 1 aliphatic rings. The second-order valence-corrected chi connectivity index (χ2v) is 6.85. The number of aromatic nitrogens is 2. The molecule has 0 saturated carbocycles. The highest BCUT2D eigenvalue weighted by molar-refractivity contribution is 14.1. The Morgan fingerprint density at radius 2 is 1.46 bits per heavy atom. The van der Waals surface area contributed by atoms with Crippen molar-refractivity contribution in [1.29, 1.82) is 0 Å². The van der Waals surface area contributed by atoms with Crippen LogP contribution in [0.25, 0.3) is 0 Å². The minimum Gasteiger partial charge on any atom is -0.486 e. The molecule has 1 aliphatic heterocycles. The summed E-state index contributed by atoms with van der Waals surface area (Å²) in [6.45, 7) is 1.10. The zero-order chi connectivity index (χ0) is 17.9. The van der Waals surface area contributed by atoms with Gasteiger partial charge in [-0.3, -0.25) is 0 Å². The first-order valence-corrected chi connectivity index (χ1v) is 9.07. The molecule has 4 rings (SSSR count). The third-order valence-corrected chi connectivity index (χ3v) is 4.51. The van der Waals surface area contributed by atoms with Gasteiger partial charge in [0.15, 0.2) is 23.1 Å². The number of halogens is 1. The van der Waals surface area contributed by atoms with Crippen LogP contribution in [0.15, 0.2) is 48.8 Å². The van der Waals surface area contributed by atoms with Crippen LogP contribution in [0.3, 0.4) is 0 Å². The van der Waals surface area contributed by atoms with Gasteiger partial charge in [-0.15, -0.1) is 0 Å². The number of nitrogens with two attached hydrogens (primary N) is 1. The smallest absolute Gasteiger partial charge is 0.163 e. The average molecular weight is 461 g/mol. The summed E-state index contributed by atoms with van der Waals surface area (Å²) in [6, 6.07) is 13.6. The van der Waals surface area contributed by atoms with Crippen LogP contribution in [0, 0.1) is 3.57 Å². The molecule has 132 valence electrons. The Kier molecular flexibility index (Phi) is 4.65. The lowest BCUT2D eigenvalue weighted by Crippen LogP contribution is -2.15. The summed E-state index contributed by atoms with van der Waals surface area (Å²) in [7, 11) is 0. The predicted octanol–water partition coefficient (Wildman–Crippen LogP) is 3.92. The number of nitrogens with zero attached hydrogens (tertiary/aromatic N) is 2. The number of rotatable bonds is 4. The van der Waals surface area contributed by atoms with Crippen molar-refractivity contribution in [3.05, 3.63) is 52.4 Å². The van der Waals surface area contributed by atoms with Crippen LogP contribution in [-0.2, 0) is 0 Å². The molecule has 0 unspecified atom stereocenters. The van der Waals surface area contributed by atoms with Crippen LogP contribution in [0.4, 0.5) is 28.7 Å². The molecule has 0 saturated heterocycles. The SMILES string of the molecule is Nc1c(Nc2ccc(I)cc2)ncnc1Nc1ccc2c(c1)OCCO2. The maximum Gasteiger partial charge on any atom is 0.163 e. The monoisotopic (exact) mass is 461 g/mol. The van der Waals surface area contributed by atoms with E-state index in [0.717, 1.165) is 20.7 Å². The second-order valence-electron chi connectivity index (χ2n) is 5.60. The predicted molar refractivity (Wildman–Crippen MR) is 110 cm³/mol. The fourth-order valence-electron chi connectivity index (χ4n) is 2.52. The number of fused-ring (bicyclic) bond motifs is 1. The van der Waals surface area contributed by atoms with Crippen LogP contribution in [0.1, 0.15) is 0 Å². The molecule has 0 fully saturated rings. The summed E-state index contributed by atoms with van der Waals surface area (Å²) in [5.41, 5.74) is 8.38. The topological polar surface area (TPSA) is 94.3 Å². The van der Waals surface area contributed by atoms with Crippen LogP contribution < -0.4 is 25.8 Å². The molecule has 2 heterocycles. The molecular formula is C18H16IN5O2. The van der Waals surface area contributed by atoms with E-state index in [9.17, 15) is 0 Å². The minimum atomic E-state index is 0.431. The van der Waals surface area contributed by atoms with Crippen LogP contribution in [-0.4, -0.2) is 23.2 Å². The van der Waals surface area contributed by atoms with E-state index in [2.05, 4.69) is 43.2 Å². The van der Waals surface area contributed by atoms with Crippen molar-refractivity contribution in [3.63, 3.8) is 0 Å². The van der Waals surface area contributed by atoms with Gasteiger partial charge in [0.2, 0.25) is 0 Å². The van der Waals surface area contributed by atoms with Gasteiger partial charge >= 0.3 is 0 Å². The van der Waals surface area contributed by atoms with E-state index in [0.29, 0.717) is 36.3 Å². The Balaban J connectivity index is 1.56. The minimum absolute atomic E-state index is 0.431. The number of anilines is 5. The van der Waals surface area contributed by atoms with E-state index in [1.165, 1.54) is 6.33 Å². The quantitative estimate of drug-likeness (QED) is 0.507. The molecule has 0 radical (unpaired) electrons. The summed E-state index contributed by atoms with van der Waals surface area (Å²) in [6.07, 6.45) is 1.46. The Hall–Kier alpha value is -2.75. The van der Waals surface area contributed by atoms with E-state index < -0.39 is 0 Å². The van der Waals surface area contributed by atoms with Crippen molar-refractivity contribution in [2.45, 2.75) is 0 Å². The molecule has 3 aromatic rings. The van der Waals surface area contributed by atoms with Crippen LogP contribution >= 0.6 is 22.6 Å². The van der Waals surface area contributed by atoms with Crippen molar-refractivity contribution in [1.82, 2.24) is 9.97 Å². The van der Waals surface area contributed by atoms with E-state index in [1.54, 1.807) is 0 Å². The number of hydrogen-bond donors (Lipinski definition) is 3. The highest BCUT2D eigenvalue weighted by atomic mass is 127. The molecule has 8 heteroatoms. The van der Waals surface area contributed by atoms with E-state index >= 15 is 0 Å². The van der Waals surface area contributed by atoms with Gasteiger partial charge in [0.05, 0.1) is 0 Å². The van der Waals surface area contributed by atoms with E-state index in [1.807, 2.05) is 42.5 Å². The van der Waals surface area contributed by atoms with Gasteiger partial charge in [-0.05, 0) is 59.0 Å². The first kappa shape index (κ1) is 16.7. The van der Waals surface area contributed by atoms with Gasteiger partial charge in [-0.25, -0.2) is 9.97 Å². The van der Waals surface area contributed by atoms with Gasteiger partial charge in [0.1, 0.15) is 25.2 Å². The number of nitrogen functional groups attached to an aromatic ring is 1. The van der Waals surface area contributed by atoms with Crippen molar-refractivity contribution >= 4 is 51.3 Å². The zero-order valence-electron chi connectivity index (χ0n) is 13.7. The molecule has 1 aromatic heterocycles. The first-order valence-electron chi connectivity index (χ1n) is 7.99. The summed E-state index contributed by atoms with van der Waals surface area (Å²) in [4.78, 5) is 8.48. The molecule has 0 atom stereocenters. The molecule has 7 nitrogen and oxygen atoms in total. The number of nitrogens with one attached hydrogen (secondary N) is 2. The van der Waals surface area contributed by atoms with Crippen molar-refractivity contribution in [3.8, 4) is 11.5 Å². The van der Waals surface area contributed by atoms with Crippen LogP contribution in [0.2, 0.25) is 0 Å². The van der Waals surface area contributed by atoms with Gasteiger partial charge in [-0.2, -0.15) is 0 Å².